The van der Waals surface area contributed by atoms with Crippen LogP contribution in [0.5, 0.6) is 0 Å². The van der Waals surface area contributed by atoms with Gasteiger partial charge in [-0.25, -0.2) is 4.79 Å². The molecule has 0 unspecified atom stereocenters. The van der Waals surface area contributed by atoms with Gasteiger partial charge in [0.15, 0.2) is 6.10 Å². The van der Waals surface area contributed by atoms with Gasteiger partial charge in [-0.2, -0.15) is 0 Å². The number of hydrogen-bond acceptors (Lipinski definition) is 6. The number of aliphatic carboxylic acids is 1. The molecule has 0 heterocycles. The molecule has 8 heteroatoms. The van der Waals surface area contributed by atoms with Crippen molar-refractivity contribution in [3.8, 4) is 0 Å². The number of Topliss-reactive ketones (excluding diaryl/α,β-unsaturated/α-hetero) is 1. The summed E-state index contributed by atoms with van der Waals surface area (Å²) >= 11 is 0. The fourth-order valence-corrected chi connectivity index (χ4v) is 0.600. The van der Waals surface area contributed by atoms with E-state index in [1.807, 2.05) is 0 Å². The highest BCUT2D eigenvalue weighted by Crippen LogP contribution is 2.01. The molecule has 0 spiro atoms. The van der Waals surface area contributed by atoms with Crippen molar-refractivity contribution in [1.29, 1.82) is 0 Å². The molecule has 0 aliphatic carbocycles. The van der Waals surface area contributed by atoms with Crippen molar-refractivity contribution >= 4 is 11.8 Å². The largest absolute Gasteiger partial charge is 0.475 e. The smallest absolute Gasteiger partial charge is 0.375 e. The zero-order valence-corrected chi connectivity index (χ0v) is 6.99. The molecule has 0 aromatic heterocycles. The Morgan fingerprint density at radius 1 is 1.14 bits per heavy atom. The molecule has 3 atom stereocenters. The van der Waals surface area contributed by atoms with Crippen LogP contribution in [0, 0.1) is 0 Å². The standard InChI is InChI=1S/C6H10O7.H2O/c7-1-2(8)3(9)4(10)5(11)6(12)13;/h2-4,7-10H,1H2,(H,12,13);1H2/t2-,3+,4-;/m0./s1. The molecule has 0 aromatic carbocycles. The second-order valence-corrected chi connectivity index (χ2v) is 2.35. The van der Waals surface area contributed by atoms with Gasteiger partial charge in [0.1, 0.15) is 12.2 Å². The Kier molecular flexibility index (Phi) is 7.05. The number of aliphatic hydroxyl groups excluding tert-OH is 4. The topological polar surface area (TPSA) is 167 Å². The molecule has 0 aromatic rings. The summed E-state index contributed by atoms with van der Waals surface area (Å²) in [7, 11) is 0. The Morgan fingerprint density at radius 2 is 1.57 bits per heavy atom. The van der Waals surface area contributed by atoms with E-state index in [0.717, 1.165) is 0 Å². The van der Waals surface area contributed by atoms with E-state index in [-0.39, 0.29) is 5.48 Å². The number of aliphatic hydroxyl groups is 4. The maximum Gasteiger partial charge on any atom is 0.375 e. The average Bonchev–Trinajstić information content (AvgIpc) is 2.12. The molecule has 0 aliphatic heterocycles. The Hall–Kier alpha value is -1.06. The molecule has 7 N–H and O–H groups in total. The van der Waals surface area contributed by atoms with E-state index >= 15 is 0 Å². The third-order valence-corrected chi connectivity index (χ3v) is 1.38. The van der Waals surface area contributed by atoms with Crippen LogP contribution in [-0.2, 0) is 9.59 Å². The fourth-order valence-electron chi connectivity index (χ4n) is 0.600. The summed E-state index contributed by atoms with van der Waals surface area (Å²) < 4.78 is 0. The van der Waals surface area contributed by atoms with Crippen molar-refractivity contribution in [1.82, 2.24) is 0 Å². The number of carbonyl (C=O) groups is 2. The molecule has 0 saturated carbocycles. The van der Waals surface area contributed by atoms with Gasteiger partial charge in [0, 0.05) is 0 Å². The highest BCUT2D eigenvalue weighted by atomic mass is 16.4. The van der Waals surface area contributed by atoms with Crippen LogP contribution in [-0.4, -0.2) is 67.7 Å². The first kappa shape index (κ1) is 15.4. The van der Waals surface area contributed by atoms with Crippen LogP contribution in [0.3, 0.4) is 0 Å². The number of ketones is 1. The molecule has 0 fully saturated rings. The number of carboxylic acid groups (broad SMARTS) is 1. The first-order valence-corrected chi connectivity index (χ1v) is 3.34. The lowest BCUT2D eigenvalue weighted by molar-refractivity contribution is -0.159. The minimum absolute atomic E-state index is 0. The fraction of sp³-hybridized carbons (Fsp3) is 0.667. The Balaban J connectivity index is 0. The minimum atomic E-state index is -2.24. The van der Waals surface area contributed by atoms with Gasteiger partial charge < -0.3 is 31.0 Å². The number of hydrogen-bond donors (Lipinski definition) is 5. The molecule has 14 heavy (non-hydrogen) atoms. The normalized spacial score (nSPS) is 16.3. The zero-order chi connectivity index (χ0) is 10.6. The van der Waals surface area contributed by atoms with Crippen molar-refractivity contribution in [2.45, 2.75) is 18.3 Å². The third-order valence-electron chi connectivity index (χ3n) is 1.38. The molecule has 84 valence electrons. The summed E-state index contributed by atoms with van der Waals surface area (Å²) in [4.78, 5) is 20.5. The van der Waals surface area contributed by atoms with Crippen molar-refractivity contribution in [2.24, 2.45) is 0 Å². The van der Waals surface area contributed by atoms with Gasteiger partial charge in [0.25, 0.3) is 5.78 Å². The second-order valence-electron chi connectivity index (χ2n) is 2.35. The number of carbonyl (C=O) groups excluding carboxylic acids is 1. The zero-order valence-electron chi connectivity index (χ0n) is 6.99. The Labute approximate surface area is 78.3 Å². The van der Waals surface area contributed by atoms with E-state index < -0.39 is 36.7 Å². The van der Waals surface area contributed by atoms with Gasteiger partial charge in [0.2, 0.25) is 0 Å². The summed E-state index contributed by atoms with van der Waals surface area (Å²) in [6, 6.07) is 0. The number of carboxylic acids is 1. The molecule has 0 aliphatic rings. The van der Waals surface area contributed by atoms with E-state index in [4.69, 9.17) is 25.5 Å². The third kappa shape index (κ3) is 3.77. The lowest BCUT2D eigenvalue weighted by Gasteiger charge is -2.18. The monoisotopic (exact) mass is 212 g/mol. The summed E-state index contributed by atoms with van der Waals surface area (Å²) in [5, 5.41) is 42.8. The first-order chi connectivity index (χ1) is 5.91. The van der Waals surface area contributed by atoms with Gasteiger partial charge in [-0.1, -0.05) is 0 Å². The van der Waals surface area contributed by atoms with Gasteiger partial charge >= 0.3 is 5.97 Å². The predicted molar refractivity (Wildman–Crippen MR) is 41.4 cm³/mol. The van der Waals surface area contributed by atoms with Gasteiger partial charge in [0.05, 0.1) is 6.61 Å². The van der Waals surface area contributed by atoms with E-state index in [0.29, 0.717) is 0 Å². The Bertz CT molecular complexity index is 202. The molecular formula is C6H12O8. The van der Waals surface area contributed by atoms with Crippen molar-refractivity contribution in [3.05, 3.63) is 0 Å². The van der Waals surface area contributed by atoms with Crippen molar-refractivity contribution in [3.63, 3.8) is 0 Å². The quantitative estimate of drug-likeness (QED) is 0.288. The molecule has 0 bridgehead atoms. The van der Waals surface area contributed by atoms with Crippen LogP contribution >= 0.6 is 0 Å². The van der Waals surface area contributed by atoms with Crippen LogP contribution < -0.4 is 0 Å². The predicted octanol–water partition coefficient (Wildman–Crippen LogP) is -4.11. The summed E-state index contributed by atoms with van der Waals surface area (Å²) in [5.41, 5.74) is 0. The highest BCUT2D eigenvalue weighted by Gasteiger charge is 2.33. The molecule has 0 amide bonds. The average molecular weight is 212 g/mol. The molecular weight excluding hydrogens is 200 g/mol. The van der Waals surface area contributed by atoms with E-state index in [1.165, 1.54) is 0 Å². The van der Waals surface area contributed by atoms with Crippen LogP contribution in [0.1, 0.15) is 0 Å². The summed E-state index contributed by atoms with van der Waals surface area (Å²) in [6.07, 6.45) is -5.99. The molecule has 8 nitrogen and oxygen atoms in total. The summed E-state index contributed by atoms with van der Waals surface area (Å²) in [5.74, 6) is -3.56. The lowest BCUT2D eigenvalue weighted by atomic mass is 10.1. The maximum absolute atomic E-state index is 10.5. The molecule has 0 radical (unpaired) electrons. The van der Waals surface area contributed by atoms with E-state index in [9.17, 15) is 9.59 Å². The van der Waals surface area contributed by atoms with Crippen LogP contribution in [0.25, 0.3) is 0 Å². The minimum Gasteiger partial charge on any atom is -0.475 e. The first-order valence-electron chi connectivity index (χ1n) is 3.34. The maximum atomic E-state index is 10.5. The lowest BCUT2D eigenvalue weighted by Crippen LogP contribution is -2.46. The van der Waals surface area contributed by atoms with Crippen LogP contribution in [0.2, 0.25) is 0 Å². The molecule has 0 rings (SSSR count). The van der Waals surface area contributed by atoms with Gasteiger partial charge in [-0.05, 0) is 0 Å². The molecule has 0 saturated heterocycles. The van der Waals surface area contributed by atoms with E-state index in [2.05, 4.69) is 0 Å². The van der Waals surface area contributed by atoms with Crippen LogP contribution in [0.4, 0.5) is 0 Å². The highest BCUT2D eigenvalue weighted by molar-refractivity contribution is 6.34. The van der Waals surface area contributed by atoms with Crippen LogP contribution in [0.15, 0.2) is 0 Å². The second kappa shape index (κ2) is 6.40. The SMILES string of the molecule is O.O=C(O)C(=O)[C@@H](O)[C@H](O)[C@@H](O)CO. The van der Waals surface area contributed by atoms with Gasteiger partial charge in [-0.15, -0.1) is 0 Å². The Morgan fingerprint density at radius 3 is 1.86 bits per heavy atom. The van der Waals surface area contributed by atoms with Gasteiger partial charge in [-0.3, -0.25) is 4.79 Å². The van der Waals surface area contributed by atoms with Crippen molar-refractivity contribution < 1.29 is 40.6 Å². The summed E-state index contributed by atoms with van der Waals surface area (Å²) in [6.45, 7) is -0.884. The number of rotatable bonds is 5. The van der Waals surface area contributed by atoms with Crippen molar-refractivity contribution in [2.75, 3.05) is 6.61 Å². The van der Waals surface area contributed by atoms with E-state index in [1.54, 1.807) is 0 Å².